The Morgan fingerprint density at radius 3 is 1.91 bits per heavy atom. The third kappa shape index (κ3) is 18.4. The highest BCUT2D eigenvalue weighted by Crippen LogP contribution is 2.33. The van der Waals surface area contributed by atoms with Gasteiger partial charge in [0.2, 0.25) is 15.9 Å². The minimum atomic E-state index is -4.64. The van der Waals surface area contributed by atoms with Gasteiger partial charge in [-0.25, -0.2) is 8.42 Å². The molecule has 0 bridgehead atoms. The molecule has 2 aromatic carbocycles. The molecule has 2 aromatic rings. The van der Waals surface area contributed by atoms with E-state index >= 15 is 0 Å². The van der Waals surface area contributed by atoms with Crippen molar-refractivity contribution in [2.24, 2.45) is 5.92 Å². The van der Waals surface area contributed by atoms with Gasteiger partial charge in [-0.1, -0.05) is 101 Å². The van der Waals surface area contributed by atoms with Gasteiger partial charge in [-0.2, -0.15) is 30.6 Å². The van der Waals surface area contributed by atoms with Gasteiger partial charge in [0.25, 0.3) is 0 Å². The maximum absolute atomic E-state index is 13.5. The number of hydrogen-bond donors (Lipinski definition) is 1. The molecule has 1 aliphatic rings. The Hall–Kier alpha value is -3.42. The fourth-order valence-electron chi connectivity index (χ4n) is 5.62. The fraction of sp³-hybridized carbons (Fsp3) is 0.548. The summed E-state index contributed by atoms with van der Waals surface area (Å²) in [5, 5.41) is 3.39. The Labute approximate surface area is 326 Å². The molecule has 1 heterocycles. The highest BCUT2D eigenvalue weighted by molar-refractivity contribution is 7.89. The zero-order valence-corrected chi connectivity index (χ0v) is 35.0. The average molecular weight is 804 g/mol. The lowest BCUT2D eigenvalue weighted by atomic mass is 9.99. The van der Waals surface area contributed by atoms with Crippen LogP contribution in [0, 0.1) is 5.92 Å². The van der Waals surface area contributed by atoms with Gasteiger partial charge < -0.3 is 10.2 Å². The minimum absolute atomic E-state index is 0.00934. The number of alkyl halides is 6. The second-order valence-corrected chi connectivity index (χ2v) is 15.4. The summed E-state index contributed by atoms with van der Waals surface area (Å²) in [4.78, 5) is 14.8. The summed E-state index contributed by atoms with van der Waals surface area (Å²) in [7, 11) is -4.17. The molecule has 1 atom stereocenters. The molecule has 312 valence electrons. The Balaban J connectivity index is 0.00000143. The number of benzene rings is 2. The van der Waals surface area contributed by atoms with Crippen molar-refractivity contribution in [3.8, 4) is 0 Å². The molecular weight excluding hydrogens is 741 g/mol. The van der Waals surface area contributed by atoms with Crippen molar-refractivity contribution in [3.63, 3.8) is 0 Å². The lowest BCUT2D eigenvalue weighted by molar-refractivity contribution is -0.138. The van der Waals surface area contributed by atoms with Crippen LogP contribution in [0.5, 0.6) is 0 Å². The van der Waals surface area contributed by atoms with E-state index in [0.29, 0.717) is 50.9 Å². The summed E-state index contributed by atoms with van der Waals surface area (Å²) in [6, 6.07) is 12.5. The van der Waals surface area contributed by atoms with E-state index in [9.17, 15) is 39.6 Å². The molecule has 1 aliphatic heterocycles. The summed E-state index contributed by atoms with van der Waals surface area (Å²) in [6.45, 7) is 22.8. The van der Waals surface area contributed by atoms with E-state index < -0.39 is 45.6 Å². The maximum Gasteiger partial charge on any atom is 0.416 e. The van der Waals surface area contributed by atoms with E-state index in [-0.39, 0.29) is 16.8 Å². The van der Waals surface area contributed by atoms with Crippen LogP contribution in [0.2, 0.25) is 0 Å². The van der Waals surface area contributed by atoms with Crippen LogP contribution in [-0.4, -0.2) is 60.9 Å². The topological polar surface area (TPSA) is 69.7 Å². The van der Waals surface area contributed by atoms with Gasteiger partial charge >= 0.3 is 12.4 Å². The monoisotopic (exact) mass is 803 g/mol. The van der Waals surface area contributed by atoms with Crippen LogP contribution < -0.4 is 5.32 Å². The van der Waals surface area contributed by atoms with Crippen LogP contribution >= 0.6 is 0 Å². The standard InChI is InChI=1S/C28H38F3N3O3S.C8H14.C4H5F3.C2H6/c1-20(2)17-26(32-19-22-9-6-5-7-10-22)27(35)33-15-13-24(14-16-33)34(21(3)4)38(36,37)25-12-8-11-23(18-25)28(29,30)31;1-4-7-8(5-2)6-3;1-3(2)4(5,6)7;1-2/h5-12,18,20-21,24,26,32H,13-17,19H2,1-4H3;4-5,7H,6H2,1-3H3;1H2,2H3;1-2H3/b;7-4-,8-5-;;. The van der Waals surface area contributed by atoms with Crippen LogP contribution in [0.4, 0.5) is 26.3 Å². The maximum atomic E-state index is 13.5. The van der Waals surface area contributed by atoms with Crippen molar-refractivity contribution in [1.29, 1.82) is 0 Å². The largest absolute Gasteiger partial charge is 0.416 e. The molecule has 3 rings (SSSR count). The molecular formula is C42H63F6N3O3S. The number of allylic oxidation sites excluding steroid dienone is 5. The van der Waals surface area contributed by atoms with Gasteiger partial charge in [0.15, 0.2) is 0 Å². The zero-order valence-electron chi connectivity index (χ0n) is 34.2. The normalized spacial score (nSPS) is 14.8. The Bertz CT molecular complexity index is 1580. The van der Waals surface area contributed by atoms with Gasteiger partial charge in [0, 0.05) is 37.3 Å². The first-order chi connectivity index (χ1) is 25.6. The third-order valence-electron chi connectivity index (χ3n) is 8.43. The van der Waals surface area contributed by atoms with E-state index in [2.05, 4.69) is 57.8 Å². The number of carbonyl (C=O) groups is 1. The molecule has 6 nitrogen and oxygen atoms in total. The first kappa shape index (κ1) is 51.6. The van der Waals surface area contributed by atoms with Crippen LogP contribution in [0.15, 0.2) is 95.4 Å². The summed E-state index contributed by atoms with van der Waals surface area (Å²) in [5.41, 5.74) is 0.738. The number of sulfonamides is 1. The molecule has 0 spiro atoms. The molecule has 1 fully saturated rings. The van der Waals surface area contributed by atoms with Crippen molar-refractivity contribution in [1.82, 2.24) is 14.5 Å². The van der Waals surface area contributed by atoms with Crippen LogP contribution in [0.25, 0.3) is 0 Å². The summed E-state index contributed by atoms with van der Waals surface area (Å²) in [5.74, 6) is 0.295. The number of amides is 1. The summed E-state index contributed by atoms with van der Waals surface area (Å²) < 4.78 is 101. The third-order valence-corrected chi connectivity index (χ3v) is 10.6. The molecule has 1 N–H and O–H groups in total. The number of hydrogen-bond acceptors (Lipinski definition) is 4. The quantitative estimate of drug-likeness (QED) is 0.132. The van der Waals surface area contributed by atoms with Crippen LogP contribution in [0.1, 0.15) is 106 Å². The molecule has 0 radical (unpaired) electrons. The van der Waals surface area contributed by atoms with E-state index in [4.69, 9.17) is 0 Å². The second kappa shape index (κ2) is 25.0. The van der Waals surface area contributed by atoms with Crippen LogP contribution in [-0.2, 0) is 27.5 Å². The number of halogens is 6. The molecule has 55 heavy (non-hydrogen) atoms. The smallest absolute Gasteiger partial charge is 0.341 e. The van der Waals surface area contributed by atoms with Gasteiger partial charge in [-0.05, 0) is 90.0 Å². The predicted molar refractivity (Wildman–Crippen MR) is 213 cm³/mol. The second-order valence-electron chi connectivity index (χ2n) is 13.6. The average Bonchev–Trinajstić information content (AvgIpc) is 3.13. The molecule has 0 saturated carbocycles. The minimum Gasteiger partial charge on any atom is -0.341 e. The van der Waals surface area contributed by atoms with Crippen molar-refractivity contribution in [2.45, 2.75) is 137 Å². The first-order valence-electron chi connectivity index (χ1n) is 18.9. The van der Waals surface area contributed by atoms with E-state index in [0.717, 1.165) is 31.0 Å². The molecule has 1 amide bonds. The molecule has 0 aromatic heterocycles. The number of nitrogens with zero attached hydrogens (tertiary/aromatic N) is 2. The Morgan fingerprint density at radius 1 is 0.964 bits per heavy atom. The molecule has 1 unspecified atom stereocenters. The number of nitrogens with one attached hydrogen (secondary N) is 1. The molecule has 13 heteroatoms. The number of piperidine rings is 1. The number of carbonyl (C=O) groups excluding carboxylic acids is 1. The van der Waals surface area contributed by atoms with Gasteiger partial charge in [0.1, 0.15) is 0 Å². The SMILES string of the molecule is C/C=C\C(=C/C)CC.C=C(C)C(F)(F)F.CC.CC(C)CC(NCc1ccccc1)C(=O)N1CCC(N(C(C)C)S(=O)(=O)c2cccc(C(F)(F)F)c2)CC1. The van der Waals surface area contributed by atoms with E-state index in [1.807, 2.05) is 51.1 Å². The van der Waals surface area contributed by atoms with Crippen LogP contribution in [0.3, 0.4) is 0 Å². The van der Waals surface area contributed by atoms with Crippen molar-refractivity contribution < 1.29 is 39.6 Å². The van der Waals surface area contributed by atoms with Gasteiger partial charge in [0.05, 0.1) is 16.5 Å². The predicted octanol–water partition coefficient (Wildman–Crippen LogP) is 11.4. The Kier molecular flexibility index (Phi) is 23.4. The van der Waals surface area contributed by atoms with Crippen molar-refractivity contribution in [3.05, 3.63) is 102 Å². The van der Waals surface area contributed by atoms with Crippen molar-refractivity contribution in [2.75, 3.05) is 13.1 Å². The lowest BCUT2D eigenvalue weighted by Gasteiger charge is -2.40. The van der Waals surface area contributed by atoms with Gasteiger partial charge in [-0.3, -0.25) is 4.79 Å². The van der Waals surface area contributed by atoms with E-state index in [1.54, 1.807) is 18.7 Å². The number of rotatable bonds is 12. The van der Waals surface area contributed by atoms with Crippen molar-refractivity contribution >= 4 is 15.9 Å². The van der Waals surface area contributed by atoms with E-state index in [1.165, 1.54) is 15.9 Å². The first-order valence-corrected chi connectivity index (χ1v) is 20.3. The highest BCUT2D eigenvalue weighted by Gasteiger charge is 2.39. The summed E-state index contributed by atoms with van der Waals surface area (Å²) in [6.07, 6.45) is 0.151. The number of likely N-dealkylation sites (tertiary alicyclic amines) is 1. The highest BCUT2D eigenvalue weighted by atomic mass is 32.2. The zero-order chi connectivity index (χ0) is 42.6. The Morgan fingerprint density at radius 2 is 1.51 bits per heavy atom. The summed E-state index contributed by atoms with van der Waals surface area (Å²) >= 11 is 0. The molecule has 0 aliphatic carbocycles. The lowest BCUT2D eigenvalue weighted by Crippen LogP contribution is -2.54. The van der Waals surface area contributed by atoms with Gasteiger partial charge in [-0.15, -0.1) is 0 Å². The fourth-order valence-corrected chi connectivity index (χ4v) is 7.55. The molecule has 1 saturated heterocycles.